The number of rotatable bonds is 7. The number of nitrogens with one attached hydrogen (secondary N) is 2. The Morgan fingerprint density at radius 2 is 1.56 bits per heavy atom. The summed E-state index contributed by atoms with van der Waals surface area (Å²) >= 11 is 0. The number of anilines is 1. The van der Waals surface area contributed by atoms with E-state index in [9.17, 15) is 19.2 Å². The Kier molecular flexibility index (Phi) is 6.91. The van der Waals surface area contributed by atoms with E-state index in [0.717, 1.165) is 0 Å². The minimum Gasteiger partial charge on any atom is -0.462 e. The molecule has 0 saturated heterocycles. The molecule has 0 unspecified atom stereocenters. The highest BCUT2D eigenvalue weighted by Crippen LogP contribution is 2.33. The second kappa shape index (κ2) is 10.2. The van der Waals surface area contributed by atoms with Crippen molar-refractivity contribution in [1.82, 2.24) is 10.2 Å². The van der Waals surface area contributed by atoms with E-state index in [1.807, 2.05) is 36.4 Å². The van der Waals surface area contributed by atoms with Crippen LogP contribution in [0.15, 0.2) is 69.9 Å². The van der Waals surface area contributed by atoms with Crippen LogP contribution in [0, 0.1) is 6.92 Å². The van der Waals surface area contributed by atoms with Crippen molar-refractivity contribution >= 4 is 23.5 Å². The number of ketones is 1. The number of ether oxygens (including phenoxy) is 1. The van der Waals surface area contributed by atoms with Crippen LogP contribution in [-0.4, -0.2) is 34.5 Å². The highest BCUT2D eigenvalue weighted by molar-refractivity contribution is 6.14. The number of hydrogen-bond donors (Lipinski definition) is 2. The van der Waals surface area contributed by atoms with Crippen LogP contribution in [0.5, 0.6) is 0 Å². The van der Waals surface area contributed by atoms with Gasteiger partial charge >= 0.3 is 5.97 Å². The Hall–Kier alpha value is -4.79. The fourth-order valence-electron chi connectivity index (χ4n) is 3.98. The number of hydrogen-bond acceptors (Lipinski definition) is 7. The molecule has 0 fully saturated rings. The van der Waals surface area contributed by atoms with E-state index in [0.29, 0.717) is 22.4 Å². The number of aromatic amines is 1. The second-order valence-electron chi connectivity index (χ2n) is 7.85. The van der Waals surface area contributed by atoms with E-state index in [2.05, 4.69) is 15.5 Å². The molecule has 0 radical (unpaired) electrons. The summed E-state index contributed by atoms with van der Waals surface area (Å²) in [6.07, 6.45) is 0. The Morgan fingerprint density at radius 1 is 0.944 bits per heavy atom. The molecule has 0 spiro atoms. The number of furan rings is 1. The zero-order chi connectivity index (χ0) is 25.8. The predicted octanol–water partition coefficient (Wildman–Crippen LogP) is 4.64. The predicted molar refractivity (Wildman–Crippen MR) is 133 cm³/mol. The lowest BCUT2D eigenvalue weighted by Crippen LogP contribution is -2.26. The van der Waals surface area contributed by atoms with Gasteiger partial charge in [-0.1, -0.05) is 60.7 Å². The van der Waals surface area contributed by atoms with Crippen molar-refractivity contribution in [1.29, 1.82) is 0 Å². The molecule has 0 aliphatic rings. The molecule has 2 N–H and O–H groups in total. The first kappa shape index (κ1) is 24.3. The van der Waals surface area contributed by atoms with Gasteiger partial charge in [-0.25, -0.2) is 9.89 Å². The van der Waals surface area contributed by atoms with Gasteiger partial charge in [-0.15, -0.1) is 0 Å². The van der Waals surface area contributed by atoms with E-state index in [1.54, 1.807) is 31.2 Å². The number of aromatic nitrogens is 2. The fourth-order valence-corrected chi connectivity index (χ4v) is 3.98. The molecule has 0 atom stereocenters. The Balaban J connectivity index is 1.90. The lowest BCUT2D eigenvalue weighted by molar-refractivity contribution is 0.0524. The van der Waals surface area contributed by atoms with Gasteiger partial charge in [0, 0.05) is 11.1 Å². The van der Waals surface area contributed by atoms with Crippen molar-refractivity contribution in [3.8, 4) is 22.4 Å². The monoisotopic (exact) mass is 485 g/mol. The molecule has 2 heterocycles. The molecule has 9 nitrogen and oxygen atoms in total. The number of Topliss-reactive ketones (excluding diaryl/α,β-unsaturated/α-hetero) is 1. The number of nitrogens with zero attached hydrogens (tertiary/aromatic N) is 1. The van der Waals surface area contributed by atoms with Crippen molar-refractivity contribution in [2.75, 3.05) is 11.9 Å². The van der Waals surface area contributed by atoms with Gasteiger partial charge in [0.1, 0.15) is 16.9 Å². The third-order valence-electron chi connectivity index (χ3n) is 5.46. The second-order valence-corrected chi connectivity index (χ2v) is 7.85. The molecular formula is C27H23N3O6. The number of carbonyl (C=O) groups is 3. The van der Waals surface area contributed by atoms with Crippen LogP contribution < -0.4 is 10.9 Å². The molecule has 1 amide bonds. The van der Waals surface area contributed by atoms with Crippen molar-refractivity contribution in [3.63, 3.8) is 0 Å². The zero-order valence-electron chi connectivity index (χ0n) is 19.9. The van der Waals surface area contributed by atoms with Gasteiger partial charge in [0.05, 0.1) is 17.9 Å². The molecule has 2 aromatic heterocycles. The summed E-state index contributed by atoms with van der Waals surface area (Å²) < 4.78 is 10.7. The molecule has 0 bridgehead atoms. The third kappa shape index (κ3) is 4.58. The minimum atomic E-state index is -0.843. The molecule has 36 heavy (non-hydrogen) atoms. The number of benzene rings is 2. The maximum Gasteiger partial charge on any atom is 0.344 e. The fraction of sp³-hybridized carbons (Fsp3) is 0.148. The SMILES string of the molecule is CCOC(=O)c1c(NC(=O)c2c(-c3ccccc3)c(-c3ccccc3)n[nH]c2=O)oc(C)c1C(C)=O. The van der Waals surface area contributed by atoms with Gasteiger partial charge in [0.25, 0.3) is 11.5 Å². The first-order valence-electron chi connectivity index (χ1n) is 11.2. The standard InChI is InChI=1S/C27H23N3O6/c1-4-35-27(34)22-19(15(2)31)16(3)36-26(22)28-24(32)21-20(17-11-7-5-8-12-17)23(29-30-25(21)33)18-13-9-6-10-14-18/h5-14H,4H2,1-3H3,(H,28,32)(H,30,33). The summed E-state index contributed by atoms with van der Waals surface area (Å²) in [5.41, 5.74) is 0.785. The van der Waals surface area contributed by atoms with Crippen LogP contribution in [-0.2, 0) is 4.74 Å². The van der Waals surface area contributed by atoms with Gasteiger partial charge < -0.3 is 9.15 Å². The smallest absolute Gasteiger partial charge is 0.344 e. The Labute approximate surface area is 206 Å². The normalized spacial score (nSPS) is 10.6. The topological polar surface area (TPSA) is 131 Å². The average Bonchev–Trinajstić information content (AvgIpc) is 3.20. The molecule has 0 saturated carbocycles. The average molecular weight is 485 g/mol. The first-order chi connectivity index (χ1) is 17.3. The number of H-pyrrole nitrogens is 1. The van der Waals surface area contributed by atoms with Crippen molar-refractivity contribution < 1.29 is 23.5 Å². The molecule has 2 aromatic carbocycles. The molecule has 0 aliphatic heterocycles. The van der Waals surface area contributed by atoms with Crippen LogP contribution in [0.2, 0.25) is 0 Å². The molecule has 4 aromatic rings. The Bertz CT molecular complexity index is 1500. The van der Waals surface area contributed by atoms with E-state index in [-0.39, 0.29) is 34.9 Å². The van der Waals surface area contributed by atoms with Gasteiger partial charge in [-0.2, -0.15) is 5.10 Å². The largest absolute Gasteiger partial charge is 0.462 e. The van der Waals surface area contributed by atoms with Gasteiger partial charge in [0.2, 0.25) is 5.88 Å². The quantitative estimate of drug-likeness (QED) is 0.288. The molecule has 4 rings (SSSR count). The number of amides is 1. The van der Waals surface area contributed by atoms with Crippen LogP contribution in [0.25, 0.3) is 22.4 Å². The summed E-state index contributed by atoms with van der Waals surface area (Å²) in [7, 11) is 0. The van der Waals surface area contributed by atoms with Gasteiger partial charge in [-0.3, -0.25) is 19.7 Å². The summed E-state index contributed by atoms with van der Waals surface area (Å²) in [6.45, 7) is 4.44. The van der Waals surface area contributed by atoms with E-state index in [1.165, 1.54) is 13.8 Å². The summed E-state index contributed by atoms with van der Waals surface area (Å²) in [5, 5.41) is 9.13. The Morgan fingerprint density at radius 3 is 2.14 bits per heavy atom. The summed E-state index contributed by atoms with van der Waals surface area (Å²) in [4.78, 5) is 51.4. The van der Waals surface area contributed by atoms with Gasteiger partial charge in [0.15, 0.2) is 5.78 Å². The molecular weight excluding hydrogens is 462 g/mol. The van der Waals surface area contributed by atoms with Crippen LogP contribution in [0.3, 0.4) is 0 Å². The summed E-state index contributed by atoms with van der Waals surface area (Å²) in [6, 6.07) is 18.0. The molecule has 9 heteroatoms. The summed E-state index contributed by atoms with van der Waals surface area (Å²) in [5.74, 6) is -2.25. The number of esters is 1. The first-order valence-corrected chi connectivity index (χ1v) is 11.2. The lowest BCUT2D eigenvalue weighted by atomic mass is 9.95. The third-order valence-corrected chi connectivity index (χ3v) is 5.46. The van der Waals surface area contributed by atoms with Crippen molar-refractivity contribution in [3.05, 3.63) is 93.5 Å². The number of aryl methyl sites for hydroxylation is 1. The van der Waals surface area contributed by atoms with Crippen LogP contribution in [0.4, 0.5) is 5.88 Å². The molecule has 182 valence electrons. The van der Waals surface area contributed by atoms with Crippen molar-refractivity contribution in [2.45, 2.75) is 20.8 Å². The van der Waals surface area contributed by atoms with E-state index < -0.39 is 23.2 Å². The van der Waals surface area contributed by atoms with E-state index in [4.69, 9.17) is 9.15 Å². The maximum atomic E-state index is 13.6. The maximum absolute atomic E-state index is 13.6. The van der Waals surface area contributed by atoms with Crippen LogP contribution in [0.1, 0.15) is 50.7 Å². The number of carbonyl (C=O) groups excluding carboxylic acids is 3. The lowest BCUT2D eigenvalue weighted by Gasteiger charge is -2.13. The van der Waals surface area contributed by atoms with E-state index >= 15 is 0 Å². The molecule has 0 aliphatic carbocycles. The van der Waals surface area contributed by atoms with Crippen molar-refractivity contribution in [2.24, 2.45) is 0 Å². The highest BCUT2D eigenvalue weighted by atomic mass is 16.5. The highest BCUT2D eigenvalue weighted by Gasteiger charge is 2.31. The van der Waals surface area contributed by atoms with Gasteiger partial charge in [-0.05, 0) is 26.3 Å². The zero-order valence-corrected chi connectivity index (χ0v) is 19.9. The van der Waals surface area contributed by atoms with Crippen LogP contribution >= 0.6 is 0 Å². The minimum absolute atomic E-state index is 0.000597.